The summed E-state index contributed by atoms with van der Waals surface area (Å²) in [5.41, 5.74) is 0.680. The first kappa shape index (κ1) is 18.9. The number of nitrogens with one attached hydrogen (secondary N) is 1. The van der Waals surface area contributed by atoms with Crippen molar-refractivity contribution in [2.45, 2.75) is 13.3 Å². The Labute approximate surface area is 157 Å². The molecule has 1 heterocycles. The lowest BCUT2D eigenvalue weighted by Crippen LogP contribution is -2.48. The van der Waals surface area contributed by atoms with Crippen molar-refractivity contribution in [2.24, 2.45) is 11.8 Å². The van der Waals surface area contributed by atoms with Crippen molar-refractivity contribution in [1.29, 1.82) is 0 Å². The molecule has 144 valence electrons. The molecule has 2 fully saturated rings. The molecular weight excluding hydrogens is 350 g/mol. The lowest BCUT2D eigenvalue weighted by atomic mass is 10.1. The number of anilines is 1. The van der Waals surface area contributed by atoms with Crippen LogP contribution in [0, 0.1) is 11.8 Å². The largest absolute Gasteiger partial charge is 0.462 e. The van der Waals surface area contributed by atoms with Gasteiger partial charge in [0.1, 0.15) is 0 Å². The third-order valence-electron chi connectivity index (χ3n) is 4.90. The Bertz CT molecular complexity index is 743. The number of amides is 3. The summed E-state index contributed by atoms with van der Waals surface area (Å²) >= 11 is 0. The van der Waals surface area contributed by atoms with Crippen LogP contribution in [0.15, 0.2) is 24.3 Å². The highest BCUT2D eigenvalue weighted by Crippen LogP contribution is 2.41. The van der Waals surface area contributed by atoms with Gasteiger partial charge >= 0.3 is 5.97 Å². The average Bonchev–Trinajstić information content (AvgIpc) is 3.49. The summed E-state index contributed by atoms with van der Waals surface area (Å²) in [6.07, 6.45) is 1.29. The number of para-hydroxylation sites is 1. The van der Waals surface area contributed by atoms with Gasteiger partial charge in [0.05, 0.1) is 29.7 Å². The minimum atomic E-state index is -0.495. The van der Waals surface area contributed by atoms with Gasteiger partial charge in [-0.1, -0.05) is 12.1 Å². The van der Waals surface area contributed by atoms with Crippen LogP contribution in [0.3, 0.4) is 0 Å². The highest BCUT2D eigenvalue weighted by Gasteiger charge is 2.49. The van der Waals surface area contributed by atoms with Crippen LogP contribution in [0.1, 0.15) is 23.7 Å². The van der Waals surface area contributed by atoms with Gasteiger partial charge in [-0.15, -0.1) is 0 Å². The van der Waals surface area contributed by atoms with Gasteiger partial charge in [-0.2, -0.15) is 0 Å². The fraction of sp³-hybridized carbons (Fsp3) is 0.474. The molecule has 27 heavy (non-hydrogen) atoms. The van der Waals surface area contributed by atoms with Crippen molar-refractivity contribution in [3.63, 3.8) is 0 Å². The molecular formula is C19H23N3O5. The zero-order valence-electron chi connectivity index (χ0n) is 15.2. The van der Waals surface area contributed by atoms with Crippen molar-refractivity contribution < 1.29 is 23.9 Å². The van der Waals surface area contributed by atoms with Crippen LogP contribution in [0.2, 0.25) is 0 Å². The minimum absolute atomic E-state index is 0.0422. The van der Waals surface area contributed by atoms with E-state index in [0.717, 1.165) is 6.41 Å². The third-order valence-corrected chi connectivity index (χ3v) is 4.90. The third kappa shape index (κ3) is 4.27. The van der Waals surface area contributed by atoms with Crippen molar-refractivity contribution in [1.82, 2.24) is 9.80 Å². The molecule has 2 unspecified atom stereocenters. The summed E-state index contributed by atoms with van der Waals surface area (Å²) in [5, 5.41) is 2.75. The summed E-state index contributed by atoms with van der Waals surface area (Å²) in [6, 6.07) is 6.66. The van der Waals surface area contributed by atoms with Crippen molar-refractivity contribution in [2.75, 3.05) is 38.1 Å². The Balaban J connectivity index is 1.57. The molecule has 3 rings (SSSR count). The van der Waals surface area contributed by atoms with Gasteiger partial charge in [0.15, 0.2) is 0 Å². The molecule has 1 aliphatic carbocycles. The van der Waals surface area contributed by atoms with E-state index in [9.17, 15) is 19.2 Å². The number of esters is 1. The number of hydrogen-bond acceptors (Lipinski definition) is 5. The topological polar surface area (TPSA) is 96.0 Å². The van der Waals surface area contributed by atoms with Gasteiger partial charge in [0.2, 0.25) is 18.2 Å². The van der Waals surface area contributed by atoms with E-state index >= 15 is 0 Å². The molecule has 1 saturated carbocycles. The van der Waals surface area contributed by atoms with E-state index in [-0.39, 0.29) is 24.3 Å². The van der Waals surface area contributed by atoms with Crippen LogP contribution in [-0.2, 0) is 19.1 Å². The van der Waals surface area contributed by atoms with E-state index in [4.69, 9.17) is 4.74 Å². The molecule has 1 aliphatic heterocycles. The molecule has 0 bridgehead atoms. The molecule has 0 aromatic heterocycles. The number of nitrogens with zero attached hydrogens (tertiary/aromatic N) is 2. The van der Waals surface area contributed by atoms with Gasteiger partial charge in [0.25, 0.3) is 0 Å². The molecule has 1 N–H and O–H groups in total. The zero-order chi connectivity index (χ0) is 19.4. The summed E-state index contributed by atoms with van der Waals surface area (Å²) in [6.45, 7) is 3.99. The first-order valence-corrected chi connectivity index (χ1v) is 9.10. The molecule has 8 nitrogen and oxygen atoms in total. The monoisotopic (exact) mass is 373 g/mol. The van der Waals surface area contributed by atoms with Gasteiger partial charge in [-0.05, 0) is 25.5 Å². The Morgan fingerprint density at radius 1 is 1.15 bits per heavy atom. The summed E-state index contributed by atoms with van der Waals surface area (Å²) in [7, 11) is 0. The summed E-state index contributed by atoms with van der Waals surface area (Å²) in [4.78, 5) is 51.2. The predicted molar refractivity (Wildman–Crippen MR) is 96.8 cm³/mol. The second-order valence-corrected chi connectivity index (χ2v) is 6.67. The Kier molecular flexibility index (Phi) is 5.73. The number of benzene rings is 1. The maximum Gasteiger partial charge on any atom is 0.340 e. The first-order valence-electron chi connectivity index (χ1n) is 9.10. The molecule has 2 atom stereocenters. The van der Waals surface area contributed by atoms with Crippen LogP contribution in [-0.4, -0.2) is 66.8 Å². The smallest absolute Gasteiger partial charge is 0.340 e. The molecule has 1 saturated heterocycles. The molecule has 0 radical (unpaired) electrons. The predicted octanol–water partition coefficient (Wildman–Crippen LogP) is 0.738. The van der Waals surface area contributed by atoms with E-state index in [1.807, 2.05) is 0 Å². The molecule has 1 aromatic rings. The van der Waals surface area contributed by atoms with Crippen molar-refractivity contribution in [3.05, 3.63) is 29.8 Å². The number of hydrogen-bond donors (Lipinski definition) is 1. The van der Waals surface area contributed by atoms with Gasteiger partial charge in [-0.25, -0.2) is 4.79 Å². The molecule has 1 aromatic carbocycles. The Morgan fingerprint density at radius 2 is 1.85 bits per heavy atom. The SMILES string of the molecule is CCOC(=O)c1ccccc1NC(=O)C1CC1C(=O)N1CCN(C=O)CC1. The van der Waals surface area contributed by atoms with E-state index < -0.39 is 11.9 Å². The van der Waals surface area contributed by atoms with E-state index in [2.05, 4.69) is 5.32 Å². The lowest BCUT2D eigenvalue weighted by molar-refractivity contribution is -0.137. The molecule has 2 aliphatic rings. The minimum Gasteiger partial charge on any atom is -0.462 e. The van der Waals surface area contributed by atoms with Crippen LogP contribution < -0.4 is 5.32 Å². The fourth-order valence-corrected chi connectivity index (χ4v) is 3.24. The first-order chi connectivity index (χ1) is 13.0. The number of rotatable bonds is 6. The average molecular weight is 373 g/mol. The van der Waals surface area contributed by atoms with Crippen molar-refractivity contribution in [3.8, 4) is 0 Å². The second-order valence-electron chi connectivity index (χ2n) is 6.67. The highest BCUT2D eigenvalue weighted by atomic mass is 16.5. The zero-order valence-corrected chi connectivity index (χ0v) is 15.2. The van der Waals surface area contributed by atoms with Crippen LogP contribution in [0.5, 0.6) is 0 Å². The Morgan fingerprint density at radius 3 is 2.52 bits per heavy atom. The fourth-order valence-electron chi connectivity index (χ4n) is 3.24. The Hall–Kier alpha value is -2.90. The van der Waals surface area contributed by atoms with Crippen LogP contribution in [0.4, 0.5) is 5.69 Å². The van der Waals surface area contributed by atoms with Gasteiger partial charge in [0, 0.05) is 26.2 Å². The normalized spacial score (nSPS) is 21.4. The van der Waals surface area contributed by atoms with Crippen LogP contribution in [0.25, 0.3) is 0 Å². The van der Waals surface area contributed by atoms with Crippen LogP contribution >= 0.6 is 0 Å². The maximum absolute atomic E-state index is 12.5. The summed E-state index contributed by atoms with van der Waals surface area (Å²) < 4.78 is 5.00. The maximum atomic E-state index is 12.5. The van der Waals surface area contributed by atoms with Gasteiger partial charge in [-0.3, -0.25) is 14.4 Å². The van der Waals surface area contributed by atoms with E-state index in [1.54, 1.807) is 41.0 Å². The van der Waals surface area contributed by atoms with Gasteiger partial charge < -0.3 is 19.9 Å². The second kappa shape index (κ2) is 8.20. The number of piperazine rings is 1. The summed E-state index contributed by atoms with van der Waals surface area (Å²) in [5.74, 6) is -1.53. The standard InChI is InChI=1S/C19H23N3O5/c1-2-27-19(26)13-5-3-4-6-16(13)20-17(24)14-11-15(14)18(25)22-9-7-21(12-23)8-10-22/h3-6,12,14-15H,2,7-11H2,1H3,(H,20,24). The number of carbonyl (C=O) groups is 4. The molecule has 8 heteroatoms. The number of ether oxygens (including phenoxy) is 1. The molecule has 0 spiro atoms. The quantitative estimate of drug-likeness (QED) is 0.586. The molecule has 3 amide bonds. The van der Waals surface area contributed by atoms with Crippen molar-refractivity contribution >= 4 is 29.9 Å². The van der Waals surface area contributed by atoms with E-state index in [0.29, 0.717) is 43.9 Å². The number of carbonyl (C=O) groups excluding carboxylic acids is 4. The lowest BCUT2D eigenvalue weighted by Gasteiger charge is -2.32. The van der Waals surface area contributed by atoms with E-state index in [1.165, 1.54) is 0 Å². The highest BCUT2D eigenvalue weighted by molar-refractivity contribution is 6.04.